The molecular weight excluding hydrogens is 355 g/mol. The molecule has 0 aromatic heterocycles. The fourth-order valence-electron chi connectivity index (χ4n) is 3.52. The molecule has 0 bridgehead atoms. The van der Waals surface area contributed by atoms with E-state index in [4.69, 9.17) is 14.7 Å². The minimum Gasteiger partial charge on any atom is -0.0561 e. The summed E-state index contributed by atoms with van der Waals surface area (Å²) >= 11 is 0. The Labute approximate surface area is 167 Å². The topological polar surface area (TPSA) is 60.7 Å². The van der Waals surface area contributed by atoms with E-state index in [1.807, 2.05) is 0 Å². The first kappa shape index (κ1) is 24.6. The molecular formula is C23H43O3P. The second kappa shape index (κ2) is 10.3. The monoisotopic (exact) mass is 398 g/mol. The van der Waals surface area contributed by atoms with Crippen molar-refractivity contribution in [2.75, 3.05) is 6.16 Å². The molecule has 1 aromatic carbocycles. The van der Waals surface area contributed by atoms with Crippen LogP contribution in [0, 0.1) is 0 Å². The summed E-state index contributed by atoms with van der Waals surface area (Å²) in [7, 11) is -3.81. The first-order valence-corrected chi connectivity index (χ1v) is 12.7. The van der Waals surface area contributed by atoms with Crippen molar-refractivity contribution in [1.29, 1.82) is 0 Å². The van der Waals surface area contributed by atoms with Gasteiger partial charge in [-0.25, -0.2) is 0 Å². The number of rotatable bonds is 10. The van der Waals surface area contributed by atoms with Crippen molar-refractivity contribution in [1.82, 2.24) is 0 Å². The van der Waals surface area contributed by atoms with Crippen LogP contribution in [0.5, 0.6) is 0 Å². The van der Waals surface area contributed by atoms with Gasteiger partial charge in [0, 0.05) is 0 Å². The molecule has 158 valence electrons. The molecule has 3 N–H and O–H groups in total. The van der Waals surface area contributed by atoms with E-state index in [1.165, 1.54) is 42.4 Å². The Morgan fingerprint density at radius 3 is 1.70 bits per heavy atom. The van der Waals surface area contributed by atoms with Gasteiger partial charge in [0.2, 0.25) is 0 Å². The van der Waals surface area contributed by atoms with E-state index in [-0.39, 0.29) is 17.0 Å². The predicted octanol–water partition coefficient (Wildman–Crippen LogP) is 6.03. The molecule has 1 aromatic rings. The third-order valence-electron chi connectivity index (χ3n) is 5.24. The van der Waals surface area contributed by atoms with Gasteiger partial charge in [-0.1, -0.05) is 41.5 Å². The van der Waals surface area contributed by atoms with E-state index in [0.29, 0.717) is 6.42 Å². The fourth-order valence-corrected chi connectivity index (χ4v) is 4.24. The summed E-state index contributed by atoms with van der Waals surface area (Å²) < 4.78 is 0. The van der Waals surface area contributed by atoms with Crippen LogP contribution in [0.3, 0.4) is 0 Å². The van der Waals surface area contributed by atoms with Crippen LogP contribution >= 0.6 is 7.94 Å². The summed E-state index contributed by atoms with van der Waals surface area (Å²) in [5.74, 6) is 0. The van der Waals surface area contributed by atoms with Crippen molar-refractivity contribution in [2.24, 2.45) is 0 Å². The van der Waals surface area contributed by atoms with Gasteiger partial charge in [0.15, 0.2) is 0 Å². The van der Waals surface area contributed by atoms with Gasteiger partial charge in [0.1, 0.15) is 0 Å². The summed E-state index contributed by atoms with van der Waals surface area (Å²) in [5.41, 5.74) is 4.74. The van der Waals surface area contributed by atoms with Crippen LogP contribution < -0.4 is 0 Å². The normalized spacial score (nSPS) is 13.8. The van der Waals surface area contributed by atoms with Crippen LogP contribution in [-0.2, 0) is 17.3 Å². The van der Waals surface area contributed by atoms with Crippen molar-refractivity contribution in [3.05, 3.63) is 34.9 Å². The van der Waals surface area contributed by atoms with Gasteiger partial charge in [-0.3, -0.25) is 0 Å². The van der Waals surface area contributed by atoms with Crippen LogP contribution in [0.25, 0.3) is 0 Å². The van der Waals surface area contributed by atoms with Gasteiger partial charge in [-0.2, -0.15) is 0 Å². The zero-order chi connectivity index (χ0) is 20.7. The Bertz CT molecular complexity index is 562. The van der Waals surface area contributed by atoms with Crippen molar-refractivity contribution in [3.63, 3.8) is 0 Å². The van der Waals surface area contributed by atoms with Crippen molar-refractivity contribution < 1.29 is 14.7 Å². The van der Waals surface area contributed by atoms with Crippen LogP contribution in [0.4, 0.5) is 0 Å². The van der Waals surface area contributed by atoms with E-state index in [2.05, 4.69) is 59.7 Å². The van der Waals surface area contributed by atoms with Gasteiger partial charge in [-0.15, -0.1) is 0 Å². The number of aryl methyl sites for hydroxylation is 1. The van der Waals surface area contributed by atoms with E-state index in [0.717, 1.165) is 19.3 Å². The van der Waals surface area contributed by atoms with Gasteiger partial charge < -0.3 is 0 Å². The molecule has 0 saturated carbocycles. The zero-order valence-electron chi connectivity index (χ0n) is 18.4. The second-order valence-electron chi connectivity index (χ2n) is 10.1. The van der Waals surface area contributed by atoms with Crippen molar-refractivity contribution in [2.45, 2.75) is 104 Å². The van der Waals surface area contributed by atoms with E-state index in [1.54, 1.807) is 0 Å². The Morgan fingerprint density at radius 2 is 1.22 bits per heavy atom. The second-order valence-corrected chi connectivity index (χ2v) is 12.2. The zero-order valence-corrected chi connectivity index (χ0v) is 19.4. The minimum absolute atomic E-state index is 0.168. The molecule has 0 aliphatic carbocycles. The quantitative estimate of drug-likeness (QED) is 0.333. The molecule has 0 atom stereocenters. The molecule has 0 fully saturated rings. The third kappa shape index (κ3) is 10.0. The van der Waals surface area contributed by atoms with Crippen LogP contribution in [0.1, 0.15) is 103 Å². The summed E-state index contributed by atoms with van der Waals surface area (Å²) in [5, 5.41) is 0. The molecule has 3 nitrogen and oxygen atoms in total. The molecule has 27 heavy (non-hydrogen) atoms. The van der Waals surface area contributed by atoms with Crippen molar-refractivity contribution in [3.8, 4) is 0 Å². The van der Waals surface area contributed by atoms with E-state index < -0.39 is 7.94 Å². The third-order valence-corrected chi connectivity index (χ3v) is 6.27. The molecule has 0 unspecified atom stereocenters. The first-order chi connectivity index (χ1) is 12.3. The maximum absolute atomic E-state index is 8.99. The standard InChI is InChI=1S/C23H43O3P/c1-22(2,3)20-16-15-19(21(18-20)23(4,5)6)14-12-10-8-7-9-11-13-17-27(24,25)26/h15-16,18,24-27H,7-14,17H2,1-6H3. The van der Waals surface area contributed by atoms with Crippen LogP contribution in [-0.4, -0.2) is 20.8 Å². The first-order valence-electron chi connectivity index (χ1n) is 10.6. The molecule has 1 rings (SSSR count). The van der Waals surface area contributed by atoms with Gasteiger partial charge in [0.25, 0.3) is 0 Å². The molecule has 0 heterocycles. The summed E-state index contributed by atoms with van der Waals surface area (Å²) in [4.78, 5) is 27.0. The fraction of sp³-hybridized carbons (Fsp3) is 0.739. The summed E-state index contributed by atoms with van der Waals surface area (Å²) in [6.45, 7) is 13.7. The van der Waals surface area contributed by atoms with Crippen molar-refractivity contribution >= 4 is 7.94 Å². The SMILES string of the molecule is CC(C)(C)c1ccc(CCCCCCCCC[PH](O)(O)O)c(C(C)(C)C)c1. The van der Waals surface area contributed by atoms with Crippen LogP contribution in [0.2, 0.25) is 0 Å². The van der Waals surface area contributed by atoms with Gasteiger partial charge >= 0.3 is 115 Å². The Hall–Kier alpha value is -0.470. The molecule has 4 heteroatoms. The number of unbranched alkanes of at least 4 members (excludes halogenated alkanes) is 6. The van der Waals surface area contributed by atoms with E-state index in [9.17, 15) is 0 Å². The Morgan fingerprint density at radius 1 is 0.704 bits per heavy atom. The molecule has 0 aliphatic heterocycles. The van der Waals surface area contributed by atoms with Crippen LogP contribution in [0.15, 0.2) is 18.2 Å². The summed E-state index contributed by atoms with van der Waals surface area (Å²) in [6, 6.07) is 7.07. The van der Waals surface area contributed by atoms with E-state index >= 15 is 0 Å². The van der Waals surface area contributed by atoms with Gasteiger partial charge in [0.05, 0.1) is 0 Å². The molecule has 0 radical (unpaired) electrons. The average molecular weight is 399 g/mol. The minimum atomic E-state index is -3.81. The number of hydrogen-bond donors (Lipinski definition) is 3. The molecule has 0 amide bonds. The summed E-state index contributed by atoms with van der Waals surface area (Å²) in [6.07, 6.45) is 8.98. The average Bonchev–Trinajstić information content (AvgIpc) is 2.50. The van der Waals surface area contributed by atoms with Gasteiger partial charge in [-0.05, 0) is 11.0 Å². The predicted molar refractivity (Wildman–Crippen MR) is 120 cm³/mol. The Balaban J connectivity index is 2.42. The number of hydrogen-bond acceptors (Lipinski definition) is 3. The maximum atomic E-state index is 8.99. The number of benzene rings is 1. The molecule has 0 spiro atoms. The smallest absolute Gasteiger partial charge is 0.0561 e. The molecule has 0 aliphatic rings. The Kier molecular flexibility index (Phi) is 9.42. The molecule has 0 saturated heterocycles.